The average Bonchev–Trinajstić information content (AvgIpc) is 3.34. The van der Waals surface area contributed by atoms with Gasteiger partial charge in [-0.05, 0) is 56.2 Å². The van der Waals surface area contributed by atoms with Crippen LogP contribution in [0.25, 0.3) is 0 Å². The molecule has 1 fully saturated rings. The van der Waals surface area contributed by atoms with Crippen LogP contribution < -0.4 is 24.4 Å². The van der Waals surface area contributed by atoms with Crippen molar-refractivity contribution in [2.45, 2.75) is 24.7 Å². The van der Waals surface area contributed by atoms with Gasteiger partial charge in [0.1, 0.15) is 5.82 Å². The SMILES string of the molecule is COc1ccc(S(=O)(=O)Nc2ccc(Nc3cc(C)nc(N4CCCC4)n3)cc2)cc1OC. The van der Waals surface area contributed by atoms with Crippen molar-refractivity contribution in [3.8, 4) is 11.5 Å². The van der Waals surface area contributed by atoms with Crippen LogP contribution in [0.1, 0.15) is 18.5 Å². The third-order valence-electron chi connectivity index (χ3n) is 5.31. The molecular weight excluding hydrogens is 442 g/mol. The smallest absolute Gasteiger partial charge is 0.262 e. The lowest BCUT2D eigenvalue weighted by molar-refractivity contribution is 0.354. The highest BCUT2D eigenvalue weighted by atomic mass is 32.2. The first-order chi connectivity index (χ1) is 15.9. The summed E-state index contributed by atoms with van der Waals surface area (Å²) in [7, 11) is -0.841. The Kier molecular flexibility index (Phi) is 6.55. The normalized spacial score (nSPS) is 13.6. The Balaban J connectivity index is 1.47. The number of rotatable bonds is 8. The first-order valence-electron chi connectivity index (χ1n) is 10.6. The fraction of sp³-hybridized carbons (Fsp3) is 0.304. The quantitative estimate of drug-likeness (QED) is 0.511. The Morgan fingerprint density at radius 1 is 0.879 bits per heavy atom. The second-order valence-electron chi connectivity index (χ2n) is 7.71. The van der Waals surface area contributed by atoms with Crippen LogP contribution in [0.2, 0.25) is 0 Å². The Morgan fingerprint density at radius 2 is 1.55 bits per heavy atom. The third kappa shape index (κ3) is 5.28. The van der Waals surface area contributed by atoms with E-state index in [2.05, 4.69) is 24.9 Å². The van der Waals surface area contributed by atoms with E-state index in [9.17, 15) is 8.42 Å². The topological polar surface area (TPSA) is 106 Å². The molecule has 1 aliphatic heterocycles. The van der Waals surface area contributed by atoms with E-state index < -0.39 is 10.0 Å². The number of benzene rings is 2. The van der Waals surface area contributed by atoms with Crippen LogP contribution in [0, 0.1) is 6.92 Å². The van der Waals surface area contributed by atoms with E-state index in [0.717, 1.165) is 43.3 Å². The Hall–Kier alpha value is -3.53. The molecule has 10 heteroatoms. The number of sulfonamides is 1. The standard InChI is InChI=1S/C23H27N5O4S/c1-16-14-22(26-23(24-16)28-12-4-5-13-28)25-17-6-8-18(9-7-17)27-33(29,30)19-10-11-20(31-2)21(15-19)32-3/h6-11,14-15,27H,4-5,12-13H2,1-3H3,(H,24,25,26). The zero-order valence-corrected chi connectivity index (χ0v) is 19.6. The number of ether oxygens (including phenoxy) is 2. The fourth-order valence-electron chi connectivity index (χ4n) is 3.64. The molecule has 1 aliphatic rings. The van der Waals surface area contributed by atoms with Gasteiger partial charge in [0.15, 0.2) is 11.5 Å². The maximum atomic E-state index is 12.8. The average molecular weight is 470 g/mol. The number of aromatic nitrogens is 2. The van der Waals surface area contributed by atoms with Crippen molar-refractivity contribution in [3.05, 3.63) is 54.2 Å². The highest BCUT2D eigenvalue weighted by molar-refractivity contribution is 7.92. The van der Waals surface area contributed by atoms with Gasteiger partial charge in [-0.3, -0.25) is 4.72 Å². The molecule has 9 nitrogen and oxygen atoms in total. The van der Waals surface area contributed by atoms with Gasteiger partial charge in [-0.1, -0.05) is 0 Å². The highest BCUT2D eigenvalue weighted by Gasteiger charge is 2.18. The minimum Gasteiger partial charge on any atom is -0.493 e. The molecule has 0 radical (unpaired) electrons. The minimum absolute atomic E-state index is 0.0771. The summed E-state index contributed by atoms with van der Waals surface area (Å²) < 4.78 is 38.6. The Morgan fingerprint density at radius 3 is 2.21 bits per heavy atom. The van der Waals surface area contributed by atoms with Crippen molar-refractivity contribution in [2.75, 3.05) is 42.2 Å². The summed E-state index contributed by atoms with van der Waals surface area (Å²) in [6, 6.07) is 13.3. The summed E-state index contributed by atoms with van der Waals surface area (Å²) in [5, 5.41) is 3.27. The lowest BCUT2D eigenvalue weighted by Crippen LogP contribution is -2.21. The molecule has 2 N–H and O–H groups in total. The Bertz CT molecular complexity index is 1230. The van der Waals surface area contributed by atoms with Crippen LogP contribution in [0.15, 0.2) is 53.4 Å². The van der Waals surface area contributed by atoms with Gasteiger partial charge in [0.2, 0.25) is 5.95 Å². The summed E-state index contributed by atoms with van der Waals surface area (Å²) in [5.41, 5.74) is 2.11. The number of hydrogen-bond donors (Lipinski definition) is 2. The molecule has 0 bridgehead atoms. The van der Waals surface area contributed by atoms with Crippen LogP contribution in [0.3, 0.4) is 0 Å². The van der Waals surface area contributed by atoms with Crippen LogP contribution in [-0.4, -0.2) is 45.7 Å². The van der Waals surface area contributed by atoms with Crippen LogP contribution in [0.4, 0.5) is 23.1 Å². The molecule has 3 aromatic rings. The minimum atomic E-state index is -3.80. The first-order valence-corrected chi connectivity index (χ1v) is 12.1. The summed E-state index contributed by atoms with van der Waals surface area (Å²) >= 11 is 0. The van der Waals surface area contributed by atoms with Gasteiger partial charge >= 0.3 is 0 Å². The molecule has 0 unspecified atom stereocenters. The Labute approximate surface area is 193 Å². The highest BCUT2D eigenvalue weighted by Crippen LogP contribution is 2.30. The second kappa shape index (κ2) is 9.53. The van der Waals surface area contributed by atoms with Crippen molar-refractivity contribution < 1.29 is 17.9 Å². The van der Waals surface area contributed by atoms with Gasteiger partial charge in [-0.15, -0.1) is 0 Å². The van der Waals surface area contributed by atoms with E-state index in [1.807, 2.05) is 13.0 Å². The van der Waals surface area contributed by atoms with E-state index >= 15 is 0 Å². The molecule has 0 spiro atoms. The van der Waals surface area contributed by atoms with Crippen molar-refractivity contribution in [3.63, 3.8) is 0 Å². The number of aryl methyl sites for hydroxylation is 1. The lowest BCUT2D eigenvalue weighted by atomic mass is 10.3. The van der Waals surface area contributed by atoms with Gasteiger partial charge in [-0.2, -0.15) is 4.98 Å². The molecular formula is C23H27N5O4S. The van der Waals surface area contributed by atoms with Crippen molar-refractivity contribution in [1.29, 1.82) is 0 Å². The predicted molar refractivity (Wildman–Crippen MR) is 128 cm³/mol. The zero-order chi connectivity index (χ0) is 23.4. The molecule has 2 heterocycles. The largest absolute Gasteiger partial charge is 0.493 e. The molecule has 1 aromatic heterocycles. The third-order valence-corrected chi connectivity index (χ3v) is 6.69. The molecule has 0 aliphatic carbocycles. The summed E-state index contributed by atoms with van der Waals surface area (Å²) in [6.07, 6.45) is 2.31. The molecule has 2 aromatic carbocycles. The predicted octanol–water partition coefficient (Wildman–Crippen LogP) is 3.95. The zero-order valence-electron chi connectivity index (χ0n) is 18.8. The fourth-order valence-corrected chi connectivity index (χ4v) is 4.72. The van der Waals surface area contributed by atoms with Gasteiger partial charge in [0.25, 0.3) is 10.0 Å². The van der Waals surface area contributed by atoms with Crippen LogP contribution in [-0.2, 0) is 10.0 Å². The molecule has 1 saturated heterocycles. The first kappa shape index (κ1) is 22.7. The van der Waals surface area contributed by atoms with Gasteiger partial charge < -0.3 is 19.7 Å². The second-order valence-corrected chi connectivity index (χ2v) is 9.40. The van der Waals surface area contributed by atoms with E-state index in [4.69, 9.17) is 9.47 Å². The number of methoxy groups -OCH3 is 2. The summed E-state index contributed by atoms with van der Waals surface area (Å²) in [4.78, 5) is 11.4. The van der Waals surface area contributed by atoms with Crippen molar-refractivity contribution >= 4 is 33.2 Å². The van der Waals surface area contributed by atoms with E-state index in [1.54, 1.807) is 30.3 Å². The molecule has 0 atom stereocenters. The van der Waals surface area contributed by atoms with Crippen molar-refractivity contribution in [2.24, 2.45) is 0 Å². The number of anilines is 4. The van der Waals surface area contributed by atoms with Crippen LogP contribution >= 0.6 is 0 Å². The van der Waals surface area contributed by atoms with Gasteiger partial charge in [0.05, 0.1) is 19.1 Å². The summed E-state index contributed by atoms with van der Waals surface area (Å²) in [5.74, 6) is 2.23. The van der Waals surface area contributed by atoms with E-state index in [-0.39, 0.29) is 4.90 Å². The monoisotopic (exact) mass is 469 g/mol. The van der Waals surface area contributed by atoms with Crippen LogP contribution in [0.5, 0.6) is 11.5 Å². The number of nitrogens with zero attached hydrogens (tertiary/aromatic N) is 3. The van der Waals surface area contributed by atoms with Gasteiger partial charge in [-0.25, -0.2) is 13.4 Å². The molecule has 4 rings (SSSR count). The molecule has 0 saturated carbocycles. The molecule has 174 valence electrons. The van der Waals surface area contributed by atoms with Crippen molar-refractivity contribution in [1.82, 2.24) is 9.97 Å². The van der Waals surface area contributed by atoms with Gasteiger partial charge in [0, 0.05) is 42.3 Å². The lowest BCUT2D eigenvalue weighted by Gasteiger charge is -2.17. The van der Waals surface area contributed by atoms with E-state index in [1.165, 1.54) is 26.4 Å². The maximum absolute atomic E-state index is 12.8. The molecule has 33 heavy (non-hydrogen) atoms. The summed E-state index contributed by atoms with van der Waals surface area (Å²) in [6.45, 7) is 3.88. The maximum Gasteiger partial charge on any atom is 0.262 e. The molecule has 0 amide bonds. The number of nitrogens with one attached hydrogen (secondary N) is 2. The van der Waals surface area contributed by atoms with E-state index in [0.29, 0.717) is 23.0 Å². The number of hydrogen-bond acceptors (Lipinski definition) is 8.